The zero-order chi connectivity index (χ0) is 19.3. The third kappa shape index (κ3) is 4.53. The minimum Gasteiger partial charge on any atom is -0.493 e. The second-order valence-electron chi connectivity index (χ2n) is 7.25. The lowest BCUT2D eigenvalue weighted by molar-refractivity contribution is -0.132. The summed E-state index contributed by atoms with van der Waals surface area (Å²) >= 11 is 6.29. The van der Waals surface area contributed by atoms with Crippen molar-refractivity contribution in [3.05, 3.63) is 53.1 Å². The van der Waals surface area contributed by atoms with Gasteiger partial charge in [0.25, 0.3) is 0 Å². The number of fused-ring (bicyclic) bond motifs is 1. The summed E-state index contributed by atoms with van der Waals surface area (Å²) in [5.41, 5.74) is 0.849. The predicted octanol–water partition coefficient (Wildman–Crippen LogP) is 3.97. The van der Waals surface area contributed by atoms with Crippen LogP contribution in [0.2, 0.25) is 5.02 Å². The predicted molar refractivity (Wildman–Crippen MR) is 107 cm³/mol. The third-order valence-electron chi connectivity index (χ3n) is 5.11. The van der Waals surface area contributed by atoms with Gasteiger partial charge >= 0.3 is 0 Å². The number of hydrogen-bond acceptors (Lipinski definition) is 4. The molecular weight excluding hydrogens is 378 g/mol. The molecule has 2 aromatic rings. The second-order valence-corrected chi connectivity index (χ2v) is 7.66. The van der Waals surface area contributed by atoms with E-state index in [9.17, 15) is 4.79 Å². The topological polar surface area (TPSA) is 48.0 Å². The lowest BCUT2D eigenvalue weighted by Crippen LogP contribution is -2.42. The molecule has 2 heterocycles. The molecule has 2 aromatic carbocycles. The van der Waals surface area contributed by atoms with Gasteiger partial charge in [0.1, 0.15) is 19.0 Å². The highest BCUT2D eigenvalue weighted by molar-refractivity contribution is 6.32. The summed E-state index contributed by atoms with van der Waals surface area (Å²) in [4.78, 5) is 14.8. The summed E-state index contributed by atoms with van der Waals surface area (Å²) in [5.74, 6) is 2.52. The fraction of sp³-hybridized carbons (Fsp3) is 0.409. The zero-order valence-corrected chi connectivity index (χ0v) is 16.5. The Labute approximate surface area is 170 Å². The maximum Gasteiger partial charge on any atom is 0.227 e. The van der Waals surface area contributed by atoms with Crippen molar-refractivity contribution in [3.63, 3.8) is 0 Å². The molecule has 1 fully saturated rings. The normalized spacial score (nSPS) is 18.6. The first-order valence-corrected chi connectivity index (χ1v) is 10.1. The van der Waals surface area contributed by atoms with Crippen molar-refractivity contribution >= 4 is 17.5 Å². The highest BCUT2D eigenvalue weighted by Gasteiger charge is 2.25. The fourth-order valence-electron chi connectivity index (χ4n) is 3.71. The average Bonchev–Trinajstić information content (AvgIpc) is 2.73. The molecule has 4 rings (SSSR count). The van der Waals surface area contributed by atoms with Gasteiger partial charge in [-0.25, -0.2) is 0 Å². The van der Waals surface area contributed by atoms with Gasteiger partial charge in [0.15, 0.2) is 11.5 Å². The first-order chi connectivity index (χ1) is 13.7. The van der Waals surface area contributed by atoms with E-state index >= 15 is 0 Å². The molecule has 6 heteroatoms. The first-order valence-electron chi connectivity index (χ1n) is 9.72. The van der Waals surface area contributed by atoms with Crippen LogP contribution in [0.4, 0.5) is 0 Å². The van der Waals surface area contributed by atoms with Gasteiger partial charge in [0.2, 0.25) is 5.91 Å². The minimum atomic E-state index is 0.108. The largest absolute Gasteiger partial charge is 0.493 e. The van der Waals surface area contributed by atoms with E-state index in [1.807, 2.05) is 41.3 Å². The van der Waals surface area contributed by atoms with Crippen LogP contribution in [-0.4, -0.2) is 43.7 Å². The SMILES string of the molecule is O=C(Cc1cc(Cl)c2c(c1)OCCO2)N1CCCC(COc2ccccc2)C1. The van der Waals surface area contributed by atoms with E-state index in [4.69, 9.17) is 25.8 Å². The number of carbonyl (C=O) groups excluding carboxylic acids is 1. The quantitative estimate of drug-likeness (QED) is 0.760. The lowest BCUT2D eigenvalue weighted by atomic mass is 9.98. The molecule has 1 amide bonds. The molecule has 28 heavy (non-hydrogen) atoms. The Bertz CT molecular complexity index is 827. The summed E-state index contributed by atoms with van der Waals surface area (Å²) in [6.45, 7) is 3.13. The van der Waals surface area contributed by atoms with Crippen LogP contribution < -0.4 is 14.2 Å². The Kier molecular flexibility index (Phi) is 5.91. The Morgan fingerprint density at radius 1 is 1.18 bits per heavy atom. The first kappa shape index (κ1) is 18.9. The molecule has 0 spiro atoms. The number of amides is 1. The van der Waals surface area contributed by atoms with Crippen LogP contribution in [0.25, 0.3) is 0 Å². The van der Waals surface area contributed by atoms with Crippen LogP contribution in [0.1, 0.15) is 18.4 Å². The van der Waals surface area contributed by atoms with Crippen molar-refractivity contribution in [1.82, 2.24) is 4.90 Å². The number of rotatable bonds is 5. The van der Waals surface area contributed by atoms with E-state index in [1.54, 1.807) is 6.07 Å². The molecule has 148 valence electrons. The Balaban J connectivity index is 1.35. The molecular formula is C22H24ClNO4. The number of carbonyl (C=O) groups is 1. The third-order valence-corrected chi connectivity index (χ3v) is 5.39. The van der Waals surface area contributed by atoms with E-state index in [0.717, 1.165) is 37.2 Å². The van der Waals surface area contributed by atoms with Gasteiger partial charge < -0.3 is 19.1 Å². The highest BCUT2D eigenvalue weighted by atomic mass is 35.5. The van der Waals surface area contributed by atoms with E-state index < -0.39 is 0 Å². The van der Waals surface area contributed by atoms with Gasteiger partial charge in [-0.3, -0.25) is 4.79 Å². The average molecular weight is 402 g/mol. The summed E-state index contributed by atoms with van der Waals surface area (Å²) in [7, 11) is 0. The summed E-state index contributed by atoms with van der Waals surface area (Å²) in [6, 6.07) is 13.5. The van der Waals surface area contributed by atoms with Gasteiger partial charge in [-0.2, -0.15) is 0 Å². The van der Waals surface area contributed by atoms with Crippen LogP contribution in [0, 0.1) is 5.92 Å². The van der Waals surface area contributed by atoms with Crippen molar-refractivity contribution < 1.29 is 19.0 Å². The standard InChI is InChI=1S/C22H24ClNO4/c23-19-11-17(12-20-22(19)27-10-9-26-20)13-21(25)24-8-4-5-16(14-24)15-28-18-6-2-1-3-7-18/h1-3,6-7,11-12,16H,4-5,8-10,13-15H2. The van der Waals surface area contributed by atoms with Gasteiger partial charge in [-0.1, -0.05) is 29.8 Å². The Hall–Kier alpha value is -2.40. The van der Waals surface area contributed by atoms with Crippen LogP contribution in [0.3, 0.4) is 0 Å². The fourth-order valence-corrected chi connectivity index (χ4v) is 4.00. The number of halogens is 1. The van der Waals surface area contributed by atoms with Crippen LogP contribution >= 0.6 is 11.6 Å². The monoisotopic (exact) mass is 401 g/mol. The van der Waals surface area contributed by atoms with Crippen LogP contribution in [0.15, 0.2) is 42.5 Å². The number of likely N-dealkylation sites (tertiary alicyclic amines) is 1. The van der Waals surface area contributed by atoms with Crippen molar-refractivity contribution in [3.8, 4) is 17.2 Å². The molecule has 1 unspecified atom stereocenters. The molecule has 0 N–H and O–H groups in total. The number of piperidine rings is 1. The second kappa shape index (κ2) is 8.74. The number of para-hydroxylation sites is 1. The number of benzene rings is 2. The highest BCUT2D eigenvalue weighted by Crippen LogP contribution is 2.38. The van der Waals surface area contributed by atoms with E-state index in [-0.39, 0.29) is 5.91 Å². The van der Waals surface area contributed by atoms with Crippen molar-refractivity contribution in [2.24, 2.45) is 5.92 Å². The van der Waals surface area contributed by atoms with Gasteiger partial charge in [-0.15, -0.1) is 0 Å². The molecule has 0 aromatic heterocycles. The molecule has 2 aliphatic heterocycles. The van der Waals surface area contributed by atoms with Crippen molar-refractivity contribution in [1.29, 1.82) is 0 Å². The summed E-state index contributed by atoms with van der Waals surface area (Å²) < 4.78 is 17.0. The van der Waals surface area contributed by atoms with E-state index in [1.165, 1.54) is 0 Å². The number of ether oxygens (including phenoxy) is 3. The van der Waals surface area contributed by atoms with E-state index in [2.05, 4.69) is 0 Å². The van der Waals surface area contributed by atoms with Crippen molar-refractivity contribution in [2.45, 2.75) is 19.3 Å². The molecule has 0 aliphatic carbocycles. The molecule has 5 nitrogen and oxygen atoms in total. The van der Waals surface area contributed by atoms with Crippen molar-refractivity contribution in [2.75, 3.05) is 32.9 Å². The molecule has 1 atom stereocenters. The van der Waals surface area contributed by atoms with E-state index in [0.29, 0.717) is 48.7 Å². The van der Waals surface area contributed by atoms with Gasteiger partial charge in [0.05, 0.1) is 18.1 Å². The summed E-state index contributed by atoms with van der Waals surface area (Å²) in [6.07, 6.45) is 2.38. The van der Waals surface area contributed by atoms with Gasteiger partial charge in [-0.05, 0) is 42.7 Å². The molecule has 0 radical (unpaired) electrons. The number of hydrogen-bond donors (Lipinski definition) is 0. The lowest BCUT2D eigenvalue weighted by Gasteiger charge is -2.33. The van der Waals surface area contributed by atoms with Crippen LogP contribution in [-0.2, 0) is 11.2 Å². The zero-order valence-electron chi connectivity index (χ0n) is 15.7. The Morgan fingerprint density at radius 2 is 2.00 bits per heavy atom. The molecule has 0 saturated carbocycles. The molecule has 2 aliphatic rings. The smallest absolute Gasteiger partial charge is 0.227 e. The number of nitrogens with zero attached hydrogens (tertiary/aromatic N) is 1. The minimum absolute atomic E-state index is 0.108. The molecule has 1 saturated heterocycles. The maximum absolute atomic E-state index is 12.8. The van der Waals surface area contributed by atoms with Gasteiger partial charge in [0, 0.05) is 19.0 Å². The van der Waals surface area contributed by atoms with Crippen LogP contribution in [0.5, 0.6) is 17.2 Å². The molecule has 0 bridgehead atoms. The Morgan fingerprint density at radius 3 is 2.86 bits per heavy atom. The maximum atomic E-state index is 12.8. The summed E-state index contributed by atoms with van der Waals surface area (Å²) in [5, 5.41) is 0.493.